The zero-order chi connectivity index (χ0) is 20.9. The van der Waals surface area contributed by atoms with Crippen LogP contribution < -0.4 is 15.5 Å². The van der Waals surface area contributed by atoms with Crippen molar-refractivity contribution in [2.75, 3.05) is 36.4 Å². The predicted octanol–water partition coefficient (Wildman–Crippen LogP) is 3.47. The van der Waals surface area contributed by atoms with Crippen LogP contribution in [0.1, 0.15) is 21.5 Å². The highest BCUT2D eigenvalue weighted by atomic mass is 16.5. The molecule has 0 saturated carbocycles. The second kappa shape index (κ2) is 6.96. The van der Waals surface area contributed by atoms with Crippen molar-refractivity contribution in [3.63, 3.8) is 0 Å². The van der Waals surface area contributed by atoms with E-state index in [2.05, 4.69) is 45.8 Å². The molecule has 0 atom stereocenters. The van der Waals surface area contributed by atoms with Crippen LogP contribution in [0, 0.1) is 6.92 Å². The van der Waals surface area contributed by atoms with Crippen molar-refractivity contribution >= 4 is 33.7 Å². The summed E-state index contributed by atoms with van der Waals surface area (Å²) >= 11 is 0. The Hall–Kier alpha value is -3.64. The molecule has 0 radical (unpaired) electrons. The number of hydrogen-bond acceptors (Lipinski definition) is 5. The first-order valence-electron chi connectivity index (χ1n) is 10.7. The average molecular weight is 411 g/mol. The van der Waals surface area contributed by atoms with Crippen molar-refractivity contribution < 1.29 is 14.6 Å². The van der Waals surface area contributed by atoms with Gasteiger partial charge in [0.05, 0.1) is 48.5 Å². The van der Waals surface area contributed by atoms with E-state index in [1.54, 1.807) is 0 Å². The maximum atomic E-state index is 13.6. The van der Waals surface area contributed by atoms with Gasteiger partial charge < -0.3 is 20.1 Å². The highest BCUT2D eigenvalue weighted by Gasteiger charge is 2.34. The number of aryl methyl sites for hydroxylation is 1. The second-order valence-corrected chi connectivity index (χ2v) is 8.28. The van der Waals surface area contributed by atoms with Crippen LogP contribution in [0.3, 0.4) is 0 Å². The minimum Gasteiger partial charge on any atom is -0.358 e. The van der Waals surface area contributed by atoms with Gasteiger partial charge in [-0.2, -0.15) is 0 Å². The molecule has 6 nitrogen and oxygen atoms in total. The third-order valence-corrected chi connectivity index (χ3v) is 6.22. The van der Waals surface area contributed by atoms with Crippen LogP contribution in [0.15, 0.2) is 59.1 Å². The van der Waals surface area contributed by atoms with Gasteiger partial charge in [-0.1, -0.05) is 41.6 Å². The van der Waals surface area contributed by atoms with E-state index in [1.807, 2.05) is 36.4 Å². The van der Waals surface area contributed by atoms with E-state index < -0.39 is 0 Å². The van der Waals surface area contributed by atoms with Crippen LogP contribution in [0.5, 0.6) is 0 Å². The van der Waals surface area contributed by atoms with Crippen LogP contribution >= 0.6 is 0 Å². The molecule has 31 heavy (non-hydrogen) atoms. The summed E-state index contributed by atoms with van der Waals surface area (Å²) < 4.78 is 5.86. The lowest BCUT2D eigenvalue weighted by atomic mass is 9.86. The fraction of sp³-hybridized carbons (Fsp3) is 0.200. The van der Waals surface area contributed by atoms with Gasteiger partial charge in [-0.15, -0.1) is 0 Å². The molecule has 154 valence electrons. The van der Waals surface area contributed by atoms with Gasteiger partial charge in [0.2, 0.25) is 0 Å². The minimum atomic E-state index is 0.00461. The molecule has 1 aromatic heterocycles. The molecular weight excluding hydrogens is 388 g/mol. The van der Waals surface area contributed by atoms with Crippen LogP contribution in [-0.2, 0) is 0 Å². The number of carbonyl (C=O) groups is 1. The number of anilines is 3. The number of rotatable bonds is 3. The van der Waals surface area contributed by atoms with E-state index in [4.69, 9.17) is 4.52 Å². The number of aromatic nitrogens is 1. The molecule has 3 N–H and O–H groups in total. The first-order valence-corrected chi connectivity index (χ1v) is 10.7. The van der Waals surface area contributed by atoms with E-state index in [-0.39, 0.29) is 5.78 Å². The molecule has 0 spiro atoms. The molecule has 1 aliphatic heterocycles. The smallest absolute Gasteiger partial charge is 0.196 e. The fourth-order valence-corrected chi connectivity index (χ4v) is 4.75. The van der Waals surface area contributed by atoms with Crippen LogP contribution in [-0.4, -0.2) is 37.1 Å². The Kier molecular flexibility index (Phi) is 4.07. The van der Waals surface area contributed by atoms with Crippen molar-refractivity contribution in [1.29, 1.82) is 0 Å². The molecule has 2 heterocycles. The number of benzene rings is 3. The molecule has 1 aliphatic carbocycles. The van der Waals surface area contributed by atoms with Crippen molar-refractivity contribution in [3.05, 3.63) is 71.3 Å². The molecule has 4 aromatic rings. The maximum Gasteiger partial charge on any atom is 0.196 e. The van der Waals surface area contributed by atoms with Gasteiger partial charge in [0, 0.05) is 16.8 Å². The summed E-state index contributed by atoms with van der Waals surface area (Å²) in [5.41, 5.74) is 6.81. The molecule has 2 aliphatic rings. The lowest BCUT2D eigenvalue weighted by molar-refractivity contribution is -0.655. The monoisotopic (exact) mass is 411 g/mol. The van der Waals surface area contributed by atoms with Gasteiger partial charge in [-0.05, 0) is 30.7 Å². The number of hydrogen-bond donors (Lipinski definition) is 2. The normalized spacial score (nSPS) is 15.3. The van der Waals surface area contributed by atoms with Gasteiger partial charge in [0.1, 0.15) is 5.52 Å². The third kappa shape index (κ3) is 2.83. The van der Waals surface area contributed by atoms with Crippen molar-refractivity contribution in [2.24, 2.45) is 0 Å². The Morgan fingerprint density at radius 1 is 1.03 bits per heavy atom. The number of quaternary nitrogens is 1. The molecule has 0 unspecified atom stereocenters. The Morgan fingerprint density at radius 2 is 1.84 bits per heavy atom. The molecule has 6 rings (SSSR count). The van der Waals surface area contributed by atoms with Gasteiger partial charge in [-0.3, -0.25) is 4.79 Å². The maximum absolute atomic E-state index is 13.6. The van der Waals surface area contributed by atoms with E-state index in [0.29, 0.717) is 16.9 Å². The van der Waals surface area contributed by atoms with Crippen LogP contribution in [0.4, 0.5) is 17.1 Å². The van der Waals surface area contributed by atoms with E-state index >= 15 is 0 Å². The third-order valence-electron chi connectivity index (χ3n) is 6.22. The minimum absolute atomic E-state index is 0.00461. The molecule has 1 saturated heterocycles. The number of nitrogens with two attached hydrogens (primary N) is 1. The largest absolute Gasteiger partial charge is 0.358 e. The zero-order valence-electron chi connectivity index (χ0n) is 17.3. The van der Waals surface area contributed by atoms with Gasteiger partial charge >= 0.3 is 0 Å². The predicted molar refractivity (Wildman–Crippen MR) is 121 cm³/mol. The van der Waals surface area contributed by atoms with E-state index in [1.165, 1.54) is 0 Å². The standard InChI is InChI=1S/C25H22N4O2/c1-15-5-4-6-16(13-15)27-19-14-20(29-11-9-26-10-12-29)23-22-21(19)24(30)17-7-2-3-8-18(17)25(22)31-28-23/h2-8,13-14,26-27H,9-12H2,1H3/p+1. The highest BCUT2D eigenvalue weighted by Crippen LogP contribution is 2.46. The molecule has 0 bridgehead atoms. The van der Waals surface area contributed by atoms with Gasteiger partial charge in [-0.25, -0.2) is 0 Å². The summed E-state index contributed by atoms with van der Waals surface area (Å²) in [6.07, 6.45) is 0. The van der Waals surface area contributed by atoms with Crippen molar-refractivity contribution in [2.45, 2.75) is 6.92 Å². The SMILES string of the molecule is Cc1cccc(Nc2cc(N3CC[NH2+]CC3)c3noc4c3c2C(=O)c2ccccc2-4)c1. The van der Waals surface area contributed by atoms with Gasteiger partial charge in [0.25, 0.3) is 0 Å². The molecule has 1 fully saturated rings. The van der Waals surface area contributed by atoms with Crippen LogP contribution in [0.25, 0.3) is 22.2 Å². The van der Waals surface area contributed by atoms with Gasteiger partial charge in [0.15, 0.2) is 11.5 Å². The van der Waals surface area contributed by atoms with Crippen molar-refractivity contribution in [1.82, 2.24) is 5.16 Å². The molecule has 6 heteroatoms. The summed E-state index contributed by atoms with van der Waals surface area (Å²) in [5.74, 6) is 0.683. The van der Waals surface area contributed by atoms with E-state index in [0.717, 1.165) is 65.3 Å². The Morgan fingerprint density at radius 3 is 2.65 bits per heavy atom. The molecular formula is C25H23N4O2+. The summed E-state index contributed by atoms with van der Waals surface area (Å²) in [5, 5.41) is 11.1. The number of fused-ring (bicyclic) bond motifs is 2. The Bertz CT molecular complexity index is 1330. The number of carbonyl (C=O) groups excluding carboxylic acids is 1. The molecule has 3 aromatic carbocycles. The zero-order valence-corrected chi connectivity index (χ0v) is 17.3. The first kappa shape index (κ1) is 18.2. The quantitative estimate of drug-likeness (QED) is 0.476. The summed E-state index contributed by atoms with van der Waals surface area (Å²) in [6, 6.07) is 17.9. The lowest BCUT2D eigenvalue weighted by Crippen LogP contribution is -2.89. The summed E-state index contributed by atoms with van der Waals surface area (Å²) in [6.45, 7) is 6.01. The topological polar surface area (TPSA) is 75.0 Å². The Balaban J connectivity index is 1.62. The number of nitrogens with one attached hydrogen (secondary N) is 1. The number of ketones is 1. The molecule has 0 amide bonds. The lowest BCUT2D eigenvalue weighted by Gasteiger charge is -2.29. The number of nitrogens with zero attached hydrogens (tertiary/aromatic N) is 2. The van der Waals surface area contributed by atoms with Crippen molar-refractivity contribution in [3.8, 4) is 11.3 Å². The fourth-order valence-electron chi connectivity index (χ4n) is 4.75. The Labute approximate surface area is 179 Å². The van der Waals surface area contributed by atoms with Crippen LogP contribution in [0.2, 0.25) is 0 Å². The average Bonchev–Trinajstić information content (AvgIpc) is 3.24. The van der Waals surface area contributed by atoms with E-state index in [9.17, 15) is 4.79 Å². The number of piperazine rings is 1. The second-order valence-electron chi connectivity index (χ2n) is 8.28. The first-order chi connectivity index (χ1) is 15.2. The highest BCUT2D eigenvalue weighted by molar-refractivity contribution is 6.28. The summed E-state index contributed by atoms with van der Waals surface area (Å²) in [4.78, 5) is 16.0. The summed E-state index contributed by atoms with van der Waals surface area (Å²) in [7, 11) is 0.